The summed E-state index contributed by atoms with van der Waals surface area (Å²) in [4.78, 5) is 28.0. The van der Waals surface area contributed by atoms with Gasteiger partial charge in [0.15, 0.2) is 0 Å². The summed E-state index contributed by atoms with van der Waals surface area (Å²) in [7, 11) is 0. The van der Waals surface area contributed by atoms with Gasteiger partial charge in [-0.25, -0.2) is 10.2 Å². The first-order chi connectivity index (χ1) is 21.1. The number of aliphatic hydroxyl groups is 3. The van der Waals surface area contributed by atoms with Crippen LogP contribution in [0.25, 0.3) is 10.9 Å². The molecule has 9 heteroatoms. The molecule has 1 aromatic carbocycles. The number of carbonyl (C=O) groups is 2. The fraction of sp³-hybridized carbons (Fsp3) is 0.629. The summed E-state index contributed by atoms with van der Waals surface area (Å²) in [6.07, 6.45) is 12.1. The molecule has 1 amide bonds. The number of rotatable bonds is 7. The lowest BCUT2D eigenvalue weighted by molar-refractivity contribution is -0.237. The number of aryl methyl sites for hydroxylation is 1. The van der Waals surface area contributed by atoms with E-state index in [4.69, 9.17) is 4.74 Å². The van der Waals surface area contributed by atoms with Crippen molar-refractivity contribution in [2.24, 2.45) is 33.7 Å². The van der Waals surface area contributed by atoms with Crippen molar-refractivity contribution >= 4 is 29.0 Å². The lowest BCUT2D eigenvalue weighted by atomic mass is 9.41. The van der Waals surface area contributed by atoms with E-state index in [1.807, 2.05) is 24.4 Å². The topological polar surface area (TPSA) is 144 Å². The Hall–Kier alpha value is -3.01. The van der Waals surface area contributed by atoms with E-state index >= 15 is 0 Å². The van der Waals surface area contributed by atoms with Gasteiger partial charge in [-0.1, -0.05) is 25.1 Å². The van der Waals surface area contributed by atoms with Crippen LogP contribution in [0.2, 0.25) is 0 Å². The summed E-state index contributed by atoms with van der Waals surface area (Å²) >= 11 is 0. The fourth-order valence-electron chi connectivity index (χ4n) is 10.4. The second kappa shape index (κ2) is 10.8. The Bertz CT molecular complexity index is 1520. The lowest BCUT2D eigenvalue weighted by Gasteiger charge is -2.65. The molecule has 9 nitrogen and oxygen atoms in total. The highest BCUT2D eigenvalue weighted by Crippen LogP contribution is 2.70. The molecule has 4 saturated carbocycles. The van der Waals surface area contributed by atoms with Gasteiger partial charge in [-0.3, -0.25) is 4.79 Å². The molecule has 5 aliphatic rings. The Morgan fingerprint density at radius 2 is 1.93 bits per heavy atom. The van der Waals surface area contributed by atoms with Crippen LogP contribution < -0.4 is 5.43 Å². The predicted octanol–water partition coefficient (Wildman–Crippen LogP) is 4.31. The van der Waals surface area contributed by atoms with Crippen molar-refractivity contribution in [2.45, 2.75) is 101 Å². The maximum atomic E-state index is 12.9. The molecule has 1 aliphatic heterocycles. The number of esters is 1. The van der Waals surface area contributed by atoms with Crippen molar-refractivity contribution in [2.75, 3.05) is 6.61 Å². The highest BCUT2D eigenvalue weighted by molar-refractivity contribution is 5.85. The Morgan fingerprint density at radius 3 is 2.75 bits per heavy atom. The summed E-state index contributed by atoms with van der Waals surface area (Å²) in [6, 6.07) is 8.14. The van der Waals surface area contributed by atoms with Crippen molar-refractivity contribution in [3.63, 3.8) is 0 Å². The number of cyclic esters (lactones) is 1. The van der Waals surface area contributed by atoms with Crippen molar-refractivity contribution in [3.8, 4) is 0 Å². The first-order valence-electron chi connectivity index (χ1n) is 16.5. The zero-order valence-corrected chi connectivity index (χ0v) is 25.6. The third-order valence-electron chi connectivity index (χ3n) is 12.6. The van der Waals surface area contributed by atoms with Crippen molar-refractivity contribution in [1.82, 2.24) is 10.4 Å². The molecule has 1 aromatic heterocycles. The van der Waals surface area contributed by atoms with Crippen LogP contribution in [0.15, 0.2) is 47.2 Å². The fourth-order valence-corrected chi connectivity index (χ4v) is 10.4. The number of aromatic nitrogens is 1. The maximum absolute atomic E-state index is 12.9. The Balaban J connectivity index is 1.08. The SMILES string of the molecule is C[C@]12CC[C@H]3[C@@H](CC[C@]4(O)C[C@H](O)CC[C@]34/C=N\NC(=O)CCCc3c[nH]c4ccccc34)[C@]1(O)CC[C@@H]2C1=CC(=O)OC1. The van der Waals surface area contributed by atoms with Gasteiger partial charge in [0, 0.05) is 53.1 Å². The number of benzene rings is 1. The first kappa shape index (κ1) is 29.7. The average molecular weight is 604 g/mol. The average Bonchev–Trinajstić information content (AvgIpc) is 3.68. The number of fused-ring (bicyclic) bond motifs is 6. The molecule has 44 heavy (non-hydrogen) atoms. The lowest BCUT2D eigenvalue weighted by Crippen LogP contribution is -2.68. The van der Waals surface area contributed by atoms with Crippen LogP contribution in [-0.2, 0) is 20.7 Å². The van der Waals surface area contributed by atoms with Gasteiger partial charge in [-0.2, -0.15) is 5.10 Å². The molecule has 2 heterocycles. The number of para-hydroxylation sites is 1. The summed E-state index contributed by atoms with van der Waals surface area (Å²) in [6.45, 7) is 2.48. The minimum Gasteiger partial charge on any atom is -0.458 e. The quantitative estimate of drug-likeness (QED) is 0.181. The molecular weight excluding hydrogens is 558 g/mol. The van der Waals surface area contributed by atoms with E-state index in [1.54, 1.807) is 12.3 Å². The van der Waals surface area contributed by atoms with E-state index in [0.717, 1.165) is 36.8 Å². The standard InChI is InChI=1S/C35H45N3O6/c1-32-13-10-27-28(35(32,43)16-12-26(32)23-17-31(41)44-20-23)11-15-34(42)18-24(39)9-14-33(27,34)21-37-38-30(40)8-4-5-22-19-36-29-7-3-2-6-25(22)29/h2-3,6-7,17,19,21,24,26-28,36,39,42-43H,4-5,8-16,18,20H2,1H3,(H,38,40)/b37-21-/t24-,26-,27+,28-,32-,33+,34+,35-/m1/s1. The van der Waals surface area contributed by atoms with Gasteiger partial charge in [0.2, 0.25) is 5.91 Å². The highest BCUT2D eigenvalue weighted by Gasteiger charge is 2.71. The number of ether oxygens (including phenoxy) is 1. The smallest absolute Gasteiger partial charge is 0.331 e. The zero-order chi connectivity index (χ0) is 30.7. The molecule has 0 radical (unpaired) electrons. The summed E-state index contributed by atoms with van der Waals surface area (Å²) in [5.41, 5.74) is 2.75. The van der Waals surface area contributed by atoms with Crippen molar-refractivity contribution in [1.29, 1.82) is 0 Å². The molecular formula is C35H45N3O6. The predicted molar refractivity (Wildman–Crippen MR) is 165 cm³/mol. The van der Waals surface area contributed by atoms with Crippen LogP contribution in [0, 0.1) is 28.6 Å². The third-order valence-corrected chi connectivity index (χ3v) is 12.6. The number of nitrogens with one attached hydrogen (secondary N) is 2. The van der Waals surface area contributed by atoms with Gasteiger partial charge in [0.05, 0.1) is 17.3 Å². The molecule has 4 fully saturated rings. The van der Waals surface area contributed by atoms with Crippen LogP contribution in [0.5, 0.6) is 0 Å². The summed E-state index contributed by atoms with van der Waals surface area (Å²) in [5.74, 6) is -0.477. The molecule has 7 rings (SSSR count). The Labute approximate surface area is 258 Å². The van der Waals surface area contributed by atoms with Gasteiger partial charge in [-0.15, -0.1) is 0 Å². The van der Waals surface area contributed by atoms with E-state index in [0.29, 0.717) is 51.6 Å². The molecule has 236 valence electrons. The van der Waals surface area contributed by atoms with Crippen LogP contribution in [0.1, 0.15) is 83.1 Å². The van der Waals surface area contributed by atoms with Gasteiger partial charge in [-0.05, 0) is 99.2 Å². The number of amides is 1. The minimum atomic E-state index is -1.16. The van der Waals surface area contributed by atoms with E-state index in [1.165, 1.54) is 10.9 Å². The van der Waals surface area contributed by atoms with Crippen LogP contribution in [0.4, 0.5) is 0 Å². The molecule has 0 spiro atoms. The number of aromatic amines is 1. The molecule has 8 atom stereocenters. The number of hydrogen-bond donors (Lipinski definition) is 5. The largest absolute Gasteiger partial charge is 0.458 e. The number of carbonyl (C=O) groups excluding carboxylic acids is 2. The third kappa shape index (κ3) is 4.49. The van der Waals surface area contributed by atoms with Gasteiger partial charge >= 0.3 is 5.97 Å². The molecule has 2 aromatic rings. The molecule has 0 saturated heterocycles. The van der Waals surface area contributed by atoms with E-state index < -0.39 is 28.1 Å². The molecule has 0 bridgehead atoms. The number of H-pyrrole nitrogens is 1. The van der Waals surface area contributed by atoms with Crippen LogP contribution in [-0.4, -0.2) is 62.3 Å². The summed E-state index contributed by atoms with van der Waals surface area (Å²) < 4.78 is 5.25. The number of nitrogens with zero attached hydrogens (tertiary/aromatic N) is 1. The van der Waals surface area contributed by atoms with E-state index in [9.17, 15) is 24.9 Å². The normalized spacial score (nSPS) is 39.9. The number of hydrogen-bond acceptors (Lipinski definition) is 7. The molecule has 5 N–H and O–H groups in total. The first-order valence-corrected chi connectivity index (χ1v) is 16.5. The number of hydrazone groups is 1. The molecule has 0 unspecified atom stereocenters. The van der Waals surface area contributed by atoms with Crippen molar-refractivity contribution < 1.29 is 29.6 Å². The zero-order valence-electron chi connectivity index (χ0n) is 25.6. The van der Waals surface area contributed by atoms with Crippen LogP contribution in [0.3, 0.4) is 0 Å². The monoisotopic (exact) mass is 603 g/mol. The maximum Gasteiger partial charge on any atom is 0.331 e. The number of aliphatic hydroxyl groups excluding tert-OH is 1. The van der Waals surface area contributed by atoms with Gasteiger partial charge in [0.1, 0.15) is 6.61 Å². The Morgan fingerprint density at radius 1 is 1.11 bits per heavy atom. The van der Waals surface area contributed by atoms with Gasteiger partial charge in [0.25, 0.3) is 0 Å². The van der Waals surface area contributed by atoms with E-state index in [2.05, 4.69) is 28.5 Å². The second-order valence-electron chi connectivity index (χ2n) is 14.5. The van der Waals surface area contributed by atoms with E-state index in [-0.39, 0.29) is 36.1 Å². The Kier molecular flexibility index (Phi) is 7.29. The van der Waals surface area contributed by atoms with Crippen LogP contribution >= 0.6 is 0 Å². The minimum absolute atomic E-state index is 0.0384. The second-order valence-corrected chi connectivity index (χ2v) is 14.5. The highest BCUT2D eigenvalue weighted by atomic mass is 16.5. The molecule has 4 aliphatic carbocycles. The van der Waals surface area contributed by atoms with Crippen molar-refractivity contribution in [3.05, 3.63) is 47.7 Å². The van der Waals surface area contributed by atoms with Gasteiger partial charge < -0.3 is 25.0 Å². The summed E-state index contributed by atoms with van der Waals surface area (Å²) in [5, 5.41) is 41.0.